The van der Waals surface area contributed by atoms with Crippen molar-refractivity contribution in [3.8, 4) is 11.7 Å². The van der Waals surface area contributed by atoms with Crippen LogP contribution in [0.15, 0.2) is 25.6 Å². The van der Waals surface area contributed by atoms with Gasteiger partial charge in [0.25, 0.3) is 5.89 Å². The Labute approximate surface area is 104 Å². The van der Waals surface area contributed by atoms with Gasteiger partial charge >= 0.3 is 5.97 Å². The second-order valence-electron chi connectivity index (χ2n) is 3.10. The van der Waals surface area contributed by atoms with Crippen molar-refractivity contribution >= 4 is 21.9 Å². The van der Waals surface area contributed by atoms with E-state index in [9.17, 15) is 4.79 Å². The Bertz CT molecular complexity index is 522. The van der Waals surface area contributed by atoms with Crippen molar-refractivity contribution < 1.29 is 18.7 Å². The minimum atomic E-state index is -0.945. The fraction of sp³-hybridized carbons (Fsp3) is 0.222. The van der Waals surface area contributed by atoms with Gasteiger partial charge in [0.2, 0.25) is 5.89 Å². The van der Waals surface area contributed by atoms with E-state index in [4.69, 9.17) is 13.9 Å². The van der Waals surface area contributed by atoms with Crippen LogP contribution in [0.4, 0.5) is 0 Å². The van der Waals surface area contributed by atoms with E-state index in [1.54, 1.807) is 12.1 Å². The van der Waals surface area contributed by atoms with Crippen LogP contribution in [0, 0.1) is 0 Å². The zero-order chi connectivity index (χ0) is 12.3. The molecule has 0 aliphatic heterocycles. The van der Waals surface area contributed by atoms with Crippen LogP contribution < -0.4 is 5.32 Å². The molecule has 2 heterocycles. The van der Waals surface area contributed by atoms with Crippen molar-refractivity contribution in [3.05, 3.63) is 22.7 Å². The number of hydrogen-bond donors (Lipinski definition) is 2. The van der Waals surface area contributed by atoms with Gasteiger partial charge in [-0.1, -0.05) is 0 Å². The minimum Gasteiger partial charge on any atom is -0.480 e. The summed E-state index contributed by atoms with van der Waals surface area (Å²) in [5.41, 5.74) is 0. The Morgan fingerprint density at radius 3 is 2.88 bits per heavy atom. The Morgan fingerprint density at radius 1 is 1.41 bits per heavy atom. The molecule has 8 heteroatoms. The molecule has 2 N–H and O–H groups in total. The number of nitrogens with zero attached hydrogens (tertiary/aromatic N) is 2. The zero-order valence-electron chi connectivity index (χ0n) is 8.51. The van der Waals surface area contributed by atoms with E-state index in [0.717, 1.165) is 0 Å². The van der Waals surface area contributed by atoms with Gasteiger partial charge in [0.1, 0.15) is 0 Å². The van der Waals surface area contributed by atoms with Crippen molar-refractivity contribution in [2.75, 3.05) is 6.54 Å². The molecule has 7 nitrogen and oxygen atoms in total. The average molecular weight is 302 g/mol. The molecule has 17 heavy (non-hydrogen) atoms. The average Bonchev–Trinajstić information content (AvgIpc) is 2.86. The monoisotopic (exact) mass is 301 g/mol. The topological polar surface area (TPSA) is 101 Å². The molecule has 0 aromatic carbocycles. The van der Waals surface area contributed by atoms with E-state index in [1.807, 2.05) is 0 Å². The maximum atomic E-state index is 10.3. The summed E-state index contributed by atoms with van der Waals surface area (Å²) in [7, 11) is 0. The fourth-order valence-electron chi connectivity index (χ4n) is 1.13. The summed E-state index contributed by atoms with van der Waals surface area (Å²) in [5.74, 6) is 0.0603. The van der Waals surface area contributed by atoms with Crippen LogP contribution in [0.25, 0.3) is 11.7 Å². The summed E-state index contributed by atoms with van der Waals surface area (Å²) < 4.78 is 11.1. The summed E-state index contributed by atoms with van der Waals surface area (Å²) in [4.78, 5) is 10.3. The van der Waals surface area contributed by atoms with Crippen molar-refractivity contribution in [2.45, 2.75) is 6.54 Å². The summed E-state index contributed by atoms with van der Waals surface area (Å²) in [6, 6.07) is 3.40. The normalized spacial score (nSPS) is 10.6. The number of halogens is 1. The molecule has 0 aliphatic rings. The van der Waals surface area contributed by atoms with E-state index in [2.05, 4.69) is 31.4 Å². The summed E-state index contributed by atoms with van der Waals surface area (Å²) in [6.45, 7) is 0.0329. The molecule has 0 spiro atoms. The Morgan fingerprint density at radius 2 is 2.24 bits per heavy atom. The second-order valence-corrected chi connectivity index (χ2v) is 3.88. The van der Waals surface area contributed by atoms with Crippen molar-refractivity contribution in [1.82, 2.24) is 15.5 Å². The minimum absolute atomic E-state index is 0.163. The lowest BCUT2D eigenvalue weighted by atomic mass is 10.4. The largest absolute Gasteiger partial charge is 0.480 e. The van der Waals surface area contributed by atoms with Gasteiger partial charge < -0.3 is 13.9 Å². The molecule has 90 valence electrons. The Hall–Kier alpha value is -1.67. The highest BCUT2D eigenvalue weighted by molar-refractivity contribution is 9.10. The van der Waals surface area contributed by atoms with Crippen molar-refractivity contribution in [1.29, 1.82) is 0 Å². The summed E-state index contributed by atoms with van der Waals surface area (Å²) in [5, 5.41) is 18.6. The maximum Gasteiger partial charge on any atom is 0.317 e. The molecule has 0 atom stereocenters. The number of aliphatic carboxylic acids is 1. The fourth-order valence-corrected chi connectivity index (χ4v) is 1.44. The molecule has 0 saturated heterocycles. The summed E-state index contributed by atoms with van der Waals surface area (Å²) in [6.07, 6.45) is 0. The van der Waals surface area contributed by atoms with Crippen molar-refractivity contribution in [2.24, 2.45) is 0 Å². The van der Waals surface area contributed by atoms with E-state index < -0.39 is 5.97 Å². The van der Waals surface area contributed by atoms with Crippen LogP contribution in [-0.2, 0) is 11.3 Å². The molecular weight excluding hydrogens is 294 g/mol. The number of carboxylic acid groups (broad SMARTS) is 1. The third kappa shape index (κ3) is 3.14. The molecule has 0 aliphatic carbocycles. The van der Waals surface area contributed by atoms with Crippen molar-refractivity contribution in [3.63, 3.8) is 0 Å². The quantitative estimate of drug-likeness (QED) is 0.857. The highest BCUT2D eigenvalue weighted by Gasteiger charge is 2.12. The lowest BCUT2D eigenvalue weighted by Crippen LogP contribution is -2.21. The molecule has 2 aromatic rings. The molecule has 0 fully saturated rings. The second kappa shape index (κ2) is 5.11. The molecule has 2 rings (SSSR count). The van der Waals surface area contributed by atoms with Gasteiger partial charge in [-0.3, -0.25) is 10.1 Å². The smallest absolute Gasteiger partial charge is 0.317 e. The van der Waals surface area contributed by atoms with Crippen LogP contribution in [0.1, 0.15) is 5.89 Å². The first-order valence-electron chi connectivity index (χ1n) is 4.66. The molecule has 0 unspecified atom stereocenters. The van der Waals surface area contributed by atoms with Gasteiger partial charge in [0.15, 0.2) is 10.4 Å². The van der Waals surface area contributed by atoms with E-state index in [1.165, 1.54) is 0 Å². The molecule has 0 bridgehead atoms. The number of hydrogen-bond acceptors (Lipinski definition) is 6. The lowest BCUT2D eigenvalue weighted by molar-refractivity contribution is -0.136. The standard InChI is InChI=1S/C9H8BrN3O4/c10-6-2-1-5(16-6)9-13-12-7(17-9)3-11-4-8(14)15/h1-2,11H,3-4H2,(H,14,15). The highest BCUT2D eigenvalue weighted by atomic mass is 79.9. The Kier molecular flexibility index (Phi) is 3.55. The third-order valence-electron chi connectivity index (χ3n) is 1.80. The highest BCUT2D eigenvalue weighted by Crippen LogP contribution is 2.23. The van der Waals surface area contributed by atoms with Gasteiger partial charge in [-0.25, -0.2) is 0 Å². The van der Waals surface area contributed by atoms with Gasteiger partial charge in [0.05, 0.1) is 13.1 Å². The Balaban J connectivity index is 1.98. The zero-order valence-corrected chi connectivity index (χ0v) is 10.1. The van der Waals surface area contributed by atoms with Crippen LogP contribution in [-0.4, -0.2) is 27.8 Å². The van der Waals surface area contributed by atoms with Crippen LogP contribution >= 0.6 is 15.9 Å². The predicted molar refractivity (Wildman–Crippen MR) is 59.0 cm³/mol. The number of carbonyl (C=O) groups is 1. The maximum absolute atomic E-state index is 10.3. The molecule has 0 radical (unpaired) electrons. The number of furan rings is 1. The first kappa shape index (κ1) is 11.8. The number of nitrogens with one attached hydrogen (secondary N) is 1. The van der Waals surface area contributed by atoms with E-state index in [0.29, 0.717) is 16.3 Å². The van der Waals surface area contributed by atoms with Gasteiger partial charge in [-0.15, -0.1) is 10.2 Å². The van der Waals surface area contributed by atoms with Crippen LogP contribution in [0.2, 0.25) is 0 Å². The van der Waals surface area contributed by atoms with E-state index in [-0.39, 0.29) is 19.0 Å². The third-order valence-corrected chi connectivity index (χ3v) is 2.23. The molecule has 0 amide bonds. The number of carboxylic acids is 1. The number of rotatable bonds is 5. The van der Waals surface area contributed by atoms with Gasteiger partial charge in [0, 0.05) is 0 Å². The van der Waals surface area contributed by atoms with Crippen LogP contribution in [0.3, 0.4) is 0 Å². The molecule has 2 aromatic heterocycles. The first-order chi connectivity index (χ1) is 8.15. The summed E-state index contributed by atoms with van der Waals surface area (Å²) >= 11 is 3.16. The lowest BCUT2D eigenvalue weighted by Gasteiger charge is -1.94. The number of aromatic nitrogens is 2. The van der Waals surface area contributed by atoms with Crippen LogP contribution in [0.5, 0.6) is 0 Å². The first-order valence-corrected chi connectivity index (χ1v) is 5.45. The molecular formula is C9H8BrN3O4. The molecule has 0 saturated carbocycles. The van der Waals surface area contributed by atoms with Gasteiger partial charge in [-0.2, -0.15) is 0 Å². The SMILES string of the molecule is O=C(O)CNCc1nnc(-c2ccc(Br)o2)o1. The van der Waals surface area contributed by atoms with E-state index >= 15 is 0 Å². The predicted octanol–water partition coefficient (Wildman–Crippen LogP) is 1.27. The van der Waals surface area contributed by atoms with Gasteiger partial charge in [-0.05, 0) is 28.1 Å².